The fourth-order valence-electron chi connectivity index (χ4n) is 4.54. The van der Waals surface area contributed by atoms with Crippen LogP contribution in [-0.2, 0) is 12.1 Å². The van der Waals surface area contributed by atoms with Crippen molar-refractivity contribution in [3.63, 3.8) is 0 Å². The summed E-state index contributed by atoms with van der Waals surface area (Å²) >= 11 is 3.58. The molecule has 0 aliphatic carbocycles. The van der Waals surface area contributed by atoms with E-state index >= 15 is 0 Å². The smallest absolute Gasteiger partial charge is 0.130 e. The molecular weight excluding hydrogens is 426 g/mol. The lowest BCUT2D eigenvalue weighted by Gasteiger charge is -2.40. The molecule has 3 aromatic carbocycles. The van der Waals surface area contributed by atoms with Crippen molar-refractivity contribution in [1.82, 2.24) is 4.90 Å². The highest BCUT2D eigenvalue weighted by Crippen LogP contribution is 2.41. The van der Waals surface area contributed by atoms with E-state index in [9.17, 15) is 10.2 Å². The maximum absolute atomic E-state index is 12.2. The Morgan fingerprint density at radius 3 is 2.14 bits per heavy atom. The van der Waals surface area contributed by atoms with Crippen LogP contribution >= 0.6 is 15.9 Å². The largest absolute Gasteiger partial charge is 0.508 e. The maximum Gasteiger partial charge on any atom is 0.130 e. The van der Waals surface area contributed by atoms with Gasteiger partial charge in [-0.1, -0.05) is 76.6 Å². The van der Waals surface area contributed by atoms with Gasteiger partial charge in [0.15, 0.2) is 0 Å². The van der Waals surface area contributed by atoms with Crippen molar-refractivity contribution in [3.8, 4) is 5.75 Å². The molecule has 0 saturated carbocycles. The Morgan fingerprint density at radius 2 is 1.55 bits per heavy atom. The summed E-state index contributed by atoms with van der Waals surface area (Å²) in [6, 6.07) is 23.4. The lowest BCUT2D eigenvalue weighted by Crippen LogP contribution is -2.48. The number of halogens is 1. The van der Waals surface area contributed by atoms with Gasteiger partial charge in [0, 0.05) is 22.6 Å². The summed E-state index contributed by atoms with van der Waals surface area (Å²) in [7, 11) is 0. The van der Waals surface area contributed by atoms with E-state index in [1.165, 1.54) is 0 Å². The molecule has 1 fully saturated rings. The topological polar surface area (TPSA) is 43.7 Å². The third-order valence-corrected chi connectivity index (χ3v) is 7.00. The van der Waals surface area contributed by atoms with Gasteiger partial charge in [-0.2, -0.15) is 0 Å². The molecule has 150 valence electrons. The Morgan fingerprint density at radius 1 is 0.966 bits per heavy atom. The maximum atomic E-state index is 12.2. The zero-order valence-electron chi connectivity index (χ0n) is 16.6. The molecule has 1 aliphatic rings. The van der Waals surface area contributed by atoms with Crippen molar-refractivity contribution in [1.29, 1.82) is 0 Å². The molecule has 0 radical (unpaired) electrons. The first-order chi connectivity index (χ1) is 14.0. The molecule has 0 amide bonds. The summed E-state index contributed by atoms with van der Waals surface area (Å²) in [5, 5.41) is 22.7. The fraction of sp³-hybridized carbons (Fsp3) is 0.280. The summed E-state index contributed by atoms with van der Waals surface area (Å²) in [6.07, 6.45) is 1.91. The SMILES string of the molecule is Cc1c(Br)ccc(O)c1CN1CCC[C@H]1C(O)(c1ccccc1)c1ccccc1. The minimum Gasteiger partial charge on any atom is -0.508 e. The van der Waals surface area contributed by atoms with Crippen molar-refractivity contribution >= 4 is 15.9 Å². The number of likely N-dealkylation sites (tertiary alicyclic amines) is 1. The number of hydrogen-bond donors (Lipinski definition) is 2. The molecule has 29 heavy (non-hydrogen) atoms. The van der Waals surface area contributed by atoms with Gasteiger partial charge in [0.05, 0.1) is 0 Å². The van der Waals surface area contributed by atoms with E-state index in [2.05, 4.69) is 20.8 Å². The predicted octanol–water partition coefficient (Wildman–Crippen LogP) is 5.36. The highest BCUT2D eigenvalue weighted by Gasteiger charge is 2.45. The zero-order chi connectivity index (χ0) is 20.4. The Balaban J connectivity index is 1.76. The van der Waals surface area contributed by atoms with E-state index in [-0.39, 0.29) is 6.04 Å². The number of rotatable bonds is 5. The number of phenols is 1. The third kappa shape index (κ3) is 3.73. The molecule has 1 heterocycles. The number of hydrogen-bond acceptors (Lipinski definition) is 3. The lowest BCUT2D eigenvalue weighted by molar-refractivity contribution is -0.00678. The van der Waals surface area contributed by atoms with Crippen molar-refractivity contribution in [3.05, 3.63) is 99.5 Å². The third-order valence-electron chi connectivity index (χ3n) is 6.14. The summed E-state index contributed by atoms with van der Waals surface area (Å²) in [6.45, 7) is 3.51. The van der Waals surface area contributed by atoms with E-state index in [0.29, 0.717) is 12.3 Å². The van der Waals surface area contributed by atoms with E-state index < -0.39 is 5.60 Å². The number of aliphatic hydroxyl groups is 1. The lowest BCUT2D eigenvalue weighted by atomic mass is 9.79. The second kappa shape index (κ2) is 8.31. The zero-order valence-corrected chi connectivity index (χ0v) is 18.1. The van der Waals surface area contributed by atoms with Gasteiger partial charge in [-0.15, -0.1) is 0 Å². The van der Waals surface area contributed by atoms with Crippen molar-refractivity contribution < 1.29 is 10.2 Å². The molecule has 0 bridgehead atoms. The van der Waals surface area contributed by atoms with Crippen molar-refractivity contribution in [2.24, 2.45) is 0 Å². The quantitative estimate of drug-likeness (QED) is 0.548. The van der Waals surface area contributed by atoms with E-state index in [1.54, 1.807) is 6.07 Å². The summed E-state index contributed by atoms with van der Waals surface area (Å²) in [5.41, 5.74) is 2.64. The van der Waals surface area contributed by atoms with E-state index in [0.717, 1.165) is 46.1 Å². The van der Waals surface area contributed by atoms with Gasteiger partial charge in [-0.05, 0) is 55.1 Å². The van der Waals surface area contributed by atoms with E-state index in [1.807, 2.05) is 73.7 Å². The van der Waals surface area contributed by atoms with E-state index in [4.69, 9.17) is 0 Å². The molecular formula is C25H26BrNO2. The molecule has 0 spiro atoms. The van der Waals surface area contributed by atoms with Crippen molar-refractivity contribution in [2.75, 3.05) is 6.54 Å². The van der Waals surface area contributed by atoms with Gasteiger partial charge < -0.3 is 10.2 Å². The van der Waals surface area contributed by atoms with Gasteiger partial charge in [0.1, 0.15) is 11.4 Å². The molecule has 3 aromatic rings. The molecule has 1 atom stereocenters. The fourth-order valence-corrected chi connectivity index (χ4v) is 4.91. The molecule has 2 N–H and O–H groups in total. The molecule has 3 nitrogen and oxygen atoms in total. The first kappa shape index (κ1) is 20.1. The number of aromatic hydroxyl groups is 1. The minimum absolute atomic E-state index is 0.0786. The van der Waals surface area contributed by atoms with Gasteiger partial charge in [-0.3, -0.25) is 4.90 Å². The Labute approximate surface area is 180 Å². The van der Waals surface area contributed by atoms with Crippen LogP contribution in [0, 0.1) is 6.92 Å². The second-order valence-corrected chi connectivity index (χ2v) is 8.65. The first-order valence-corrected chi connectivity index (χ1v) is 10.9. The molecule has 0 unspecified atom stereocenters. The van der Waals surface area contributed by atoms with Crippen LogP contribution in [-0.4, -0.2) is 27.7 Å². The summed E-state index contributed by atoms with van der Waals surface area (Å²) in [5.74, 6) is 0.305. The van der Waals surface area contributed by atoms with Crippen LogP contribution in [0.2, 0.25) is 0 Å². The predicted molar refractivity (Wildman–Crippen MR) is 120 cm³/mol. The molecule has 1 saturated heterocycles. The minimum atomic E-state index is -1.12. The van der Waals surface area contributed by atoms with Crippen LogP contribution < -0.4 is 0 Å². The number of nitrogens with zero attached hydrogens (tertiary/aromatic N) is 1. The normalized spacial score (nSPS) is 17.6. The number of phenolic OH excluding ortho intramolecular Hbond substituents is 1. The van der Waals surface area contributed by atoms with Crippen LogP contribution in [0.5, 0.6) is 5.75 Å². The molecule has 4 heteroatoms. The van der Waals surface area contributed by atoms with Gasteiger partial charge in [0.2, 0.25) is 0 Å². The van der Waals surface area contributed by atoms with Crippen LogP contribution in [0.15, 0.2) is 77.3 Å². The molecule has 4 rings (SSSR count). The van der Waals surface area contributed by atoms with Crippen LogP contribution in [0.25, 0.3) is 0 Å². The van der Waals surface area contributed by atoms with Crippen LogP contribution in [0.3, 0.4) is 0 Å². The van der Waals surface area contributed by atoms with Crippen molar-refractivity contribution in [2.45, 2.75) is 38.0 Å². The van der Waals surface area contributed by atoms with Crippen LogP contribution in [0.4, 0.5) is 0 Å². The molecule has 1 aliphatic heterocycles. The highest BCUT2D eigenvalue weighted by molar-refractivity contribution is 9.10. The van der Waals surface area contributed by atoms with Crippen LogP contribution in [0.1, 0.15) is 35.1 Å². The summed E-state index contributed by atoms with van der Waals surface area (Å²) < 4.78 is 0.988. The molecule has 0 aromatic heterocycles. The Kier molecular flexibility index (Phi) is 5.77. The average Bonchev–Trinajstić information content (AvgIpc) is 3.23. The van der Waals surface area contributed by atoms with Gasteiger partial charge >= 0.3 is 0 Å². The Bertz CT molecular complexity index is 935. The number of benzene rings is 3. The second-order valence-electron chi connectivity index (χ2n) is 7.80. The Hall–Kier alpha value is -2.14. The monoisotopic (exact) mass is 451 g/mol. The standard InChI is InChI=1S/C25H26BrNO2/c1-18-21(23(28)15-14-22(18)26)17-27-16-8-13-24(27)25(29,19-9-4-2-5-10-19)20-11-6-3-7-12-20/h2-7,9-12,14-15,24,28-29H,8,13,16-17H2,1H3/t24-/m0/s1. The highest BCUT2D eigenvalue weighted by atomic mass is 79.9. The average molecular weight is 452 g/mol. The van der Waals surface area contributed by atoms with Gasteiger partial charge in [0.25, 0.3) is 0 Å². The summed E-state index contributed by atoms with van der Waals surface area (Å²) in [4.78, 5) is 2.31. The van der Waals surface area contributed by atoms with Gasteiger partial charge in [-0.25, -0.2) is 0 Å². The first-order valence-electron chi connectivity index (χ1n) is 10.1.